The lowest BCUT2D eigenvalue weighted by molar-refractivity contribution is 0.231. The number of nitrogens with one attached hydrogen (secondary N) is 1. The Hall–Kier alpha value is 0.210. The van der Waals surface area contributed by atoms with Gasteiger partial charge in [0, 0.05) is 12.6 Å². The molecule has 0 aromatic heterocycles. The van der Waals surface area contributed by atoms with Crippen molar-refractivity contribution in [3.05, 3.63) is 0 Å². The number of hydrogen-bond donors (Lipinski definition) is 1. The fourth-order valence-electron chi connectivity index (χ4n) is 1.69. The number of rotatable bonds is 3. The zero-order valence-electron chi connectivity index (χ0n) is 7.47. The topological polar surface area (TPSA) is 15.3 Å². The van der Waals surface area contributed by atoms with Crippen molar-refractivity contribution in [3.63, 3.8) is 0 Å². The molecule has 1 aliphatic rings. The summed E-state index contributed by atoms with van der Waals surface area (Å²) in [4.78, 5) is 2.53. The SMILES string of the molecule is CCN(CC)[C@@H]1CCNC1.Cl. The van der Waals surface area contributed by atoms with Gasteiger partial charge in [0.05, 0.1) is 0 Å². The highest BCUT2D eigenvalue weighted by molar-refractivity contribution is 5.85. The van der Waals surface area contributed by atoms with E-state index in [-0.39, 0.29) is 12.4 Å². The summed E-state index contributed by atoms with van der Waals surface area (Å²) in [6.07, 6.45) is 1.34. The van der Waals surface area contributed by atoms with Gasteiger partial charge in [0.1, 0.15) is 0 Å². The molecule has 0 aliphatic carbocycles. The van der Waals surface area contributed by atoms with E-state index in [1.165, 1.54) is 32.6 Å². The van der Waals surface area contributed by atoms with Crippen LogP contribution in [0.2, 0.25) is 0 Å². The van der Waals surface area contributed by atoms with Gasteiger partial charge in [-0.1, -0.05) is 13.8 Å². The summed E-state index contributed by atoms with van der Waals surface area (Å²) in [5.74, 6) is 0. The van der Waals surface area contributed by atoms with Crippen molar-refractivity contribution in [2.75, 3.05) is 26.2 Å². The Morgan fingerprint density at radius 1 is 1.36 bits per heavy atom. The number of nitrogens with zero attached hydrogens (tertiary/aromatic N) is 1. The van der Waals surface area contributed by atoms with Gasteiger partial charge in [-0.2, -0.15) is 0 Å². The van der Waals surface area contributed by atoms with Crippen LogP contribution in [-0.2, 0) is 0 Å². The van der Waals surface area contributed by atoms with E-state index < -0.39 is 0 Å². The molecule has 2 nitrogen and oxygen atoms in total. The fraction of sp³-hybridized carbons (Fsp3) is 1.00. The monoisotopic (exact) mass is 178 g/mol. The van der Waals surface area contributed by atoms with Crippen LogP contribution in [0.5, 0.6) is 0 Å². The molecule has 0 amide bonds. The second kappa shape index (κ2) is 5.81. The summed E-state index contributed by atoms with van der Waals surface area (Å²) in [7, 11) is 0. The van der Waals surface area contributed by atoms with E-state index in [9.17, 15) is 0 Å². The largest absolute Gasteiger partial charge is 0.315 e. The first-order valence-electron chi connectivity index (χ1n) is 4.33. The van der Waals surface area contributed by atoms with Crippen LogP contribution in [0.3, 0.4) is 0 Å². The van der Waals surface area contributed by atoms with E-state index in [1.54, 1.807) is 0 Å². The van der Waals surface area contributed by atoms with Crippen LogP contribution in [0.1, 0.15) is 20.3 Å². The molecule has 0 unspecified atom stereocenters. The van der Waals surface area contributed by atoms with Crippen molar-refractivity contribution in [2.45, 2.75) is 26.3 Å². The minimum Gasteiger partial charge on any atom is -0.315 e. The van der Waals surface area contributed by atoms with Crippen molar-refractivity contribution >= 4 is 12.4 Å². The smallest absolute Gasteiger partial charge is 0.0232 e. The highest BCUT2D eigenvalue weighted by Gasteiger charge is 2.18. The Labute approximate surface area is 75.8 Å². The van der Waals surface area contributed by atoms with Crippen molar-refractivity contribution in [1.82, 2.24) is 10.2 Å². The van der Waals surface area contributed by atoms with Crippen LogP contribution >= 0.6 is 12.4 Å². The lowest BCUT2D eigenvalue weighted by Gasteiger charge is -2.24. The average molecular weight is 179 g/mol. The van der Waals surface area contributed by atoms with Gasteiger partial charge in [-0.3, -0.25) is 4.90 Å². The highest BCUT2D eigenvalue weighted by atomic mass is 35.5. The van der Waals surface area contributed by atoms with Crippen LogP contribution in [0.4, 0.5) is 0 Å². The van der Waals surface area contributed by atoms with Crippen molar-refractivity contribution in [1.29, 1.82) is 0 Å². The van der Waals surface area contributed by atoms with E-state index in [2.05, 4.69) is 24.1 Å². The molecule has 0 bridgehead atoms. The van der Waals surface area contributed by atoms with E-state index in [0.29, 0.717) is 0 Å². The first kappa shape index (κ1) is 11.2. The maximum Gasteiger partial charge on any atom is 0.0232 e. The van der Waals surface area contributed by atoms with Gasteiger partial charge >= 0.3 is 0 Å². The Kier molecular flexibility index (Phi) is 5.92. The first-order chi connectivity index (χ1) is 4.88. The molecule has 3 heteroatoms. The van der Waals surface area contributed by atoms with E-state index in [0.717, 1.165) is 6.04 Å². The molecular weight excluding hydrogens is 160 g/mol. The van der Waals surface area contributed by atoms with Crippen LogP contribution in [0.15, 0.2) is 0 Å². The average Bonchev–Trinajstić information content (AvgIpc) is 2.43. The normalized spacial score (nSPS) is 23.7. The molecule has 1 saturated heterocycles. The van der Waals surface area contributed by atoms with Crippen molar-refractivity contribution in [3.8, 4) is 0 Å². The molecule has 1 heterocycles. The van der Waals surface area contributed by atoms with Crippen molar-refractivity contribution in [2.24, 2.45) is 0 Å². The maximum atomic E-state index is 3.38. The second-order valence-corrected chi connectivity index (χ2v) is 2.87. The summed E-state index contributed by atoms with van der Waals surface area (Å²) in [5.41, 5.74) is 0. The molecule has 1 aliphatic heterocycles. The van der Waals surface area contributed by atoms with Gasteiger partial charge in [-0.05, 0) is 26.1 Å². The fourth-order valence-corrected chi connectivity index (χ4v) is 1.69. The molecule has 0 saturated carbocycles. The standard InChI is InChI=1S/C8H18N2.ClH/c1-3-10(4-2)8-5-6-9-7-8;/h8-9H,3-7H2,1-2H3;1H/t8-;/m1./s1. The van der Waals surface area contributed by atoms with E-state index in [4.69, 9.17) is 0 Å². The summed E-state index contributed by atoms with van der Waals surface area (Å²) >= 11 is 0. The van der Waals surface area contributed by atoms with Crippen LogP contribution in [0, 0.1) is 0 Å². The van der Waals surface area contributed by atoms with Crippen LogP contribution in [-0.4, -0.2) is 37.1 Å². The lowest BCUT2D eigenvalue weighted by atomic mass is 10.2. The molecule has 1 rings (SSSR count). The van der Waals surface area contributed by atoms with E-state index in [1.807, 2.05) is 0 Å². The predicted molar refractivity (Wildman–Crippen MR) is 51.4 cm³/mol. The van der Waals surface area contributed by atoms with Gasteiger partial charge < -0.3 is 5.32 Å². The quantitative estimate of drug-likeness (QED) is 0.697. The minimum atomic E-state index is 0. The molecule has 0 spiro atoms. The summed E-state index contributed by atoms with van der Waals surface area (Å²) < 4.78 is 0. The molecule has 68 valence electrons. The minimum absolute atomic E-state index is 0. The Morgan fingerprint density at radius 3 is 2.36 bits per heavy atom. The molecule has 1 fully saturated rings. The van der Waals surface area contributed by atoms with Gasteiger partial charge in [0.15, 0.2) is 0 Å². The number of hydrogen-bond acceptors (Lipinski definition) is 2. The Balaban J connectivity index is 0.000001000. The van der Waals surface area contributed by atoms with Gasteiger partial charge in [-0.25, -0.2) is 0 Å². The highest BCUT2D eigenvalue weighted by Crippen LogP contribution is 2.06. The van der Waals surface area contributed by atoms with Gasteiger partial charge in [0.25, 0.3) is 0 Å². The first-order valence-corrected chi connectivity index (χ1v) is 4.33. The maximum absolute atomic E-state index is 3.38. The molecular formula is C8H19ClN2. The third-order valence-corrected chi connectivity index (χ3v) is 2.36. The molecule has 0 aromatic carbocycles. The zero-order valence-corrected chi connectivity index (χ0v) is 8.28. The predicted octanol–water partition coefficient (Wildman–Crippen LogP) is 1.11. The lowest BCUT2D eigenvalue weighted by Crippen LogP contribution is -2.36. The third-order valence-electron chi connectivity index (χ3n) is 2.36. The van der Waals surface area contributed by atoms with Crippen LogP contribution < -0.4 is 5.32 Å². The van der Waals surface area contributed by atoms with Gasteiger partial charge in [-0.15, -0.1) is 12.4 Å². The summed E-state index contributed by atoms with van der Waals surface area (Å²) in [6.45, 7) is 9.28. The number of halogens is 1. The van der Waals surface area contributed by atoms with E-state index >= 15 is 0 Å². The molecule has 11 heavy (non-hydrogen) atoms. The zero-order chi connectivity index (χ0) is 7.40. The van der Waals surface area contributed by atoms with Gasteiger partial charge in [0.2, 0.25) is 0 Å². The summed E-state index contributed by atoms with van der Waals surface area (Å²) in [6, 6.07) is 0.815. The van der Waals surface area contributed by atoms with Crippen molar-refractivity contribution < 1.29 is 0 Å². The molecule has 0 radical (unpaired) electrons. The third kappa shape index (κ3) is 2.97. The Bertz CT molecular complexity index is 88.1. The second-order valence-electron chi connectivity index (χ2n) is 2.87. The molecule has 1 N–H and O–H groups in total. The van der Waals surface area contributed by atoms with Crippen LogP contribution in [0.25, 0.3) is 0 Å². The Morgan fingerprint density at radius 2 is 2.00 bits per heavy atom. The molecule has 1 atom stereocenters. The number of likely N-dealkylation sites (N-methyl/N-ethyl adjacent to an activating group) is 1. The summed E-state index contributed by atoms with van der Waals surface area (Å²) in [5, 5.41) is 3.38. The molecule has 0 aromatic rings.